The molecule has 0 saturated carbocycles. The number of rotatable bonds is 8. The molecule has 5 heteroatoms. The van der Waals surface area contributed by atoms with E-state index in [1.807, 2.05) is 39.2 Å². The molecule has 174 valence electrons. The number of ether oxygens (including phenoxy) is 1. The fraction of sp³-hybridized carbons (Fsp3) is 0.538. The largest absolute Gasteiger partial charge is 0.481 e. The smallest absolute Gasteiger partial charge is 0.320 e. The molecule has 0 aromatic rings. The highest BCUT2D eigenvalue weighted by molar-refractivity contribution is 5.71. The van der Waals surface area contributed by atoms with Crippen LogP contribution in [-0.2, 0) is 14.3 Å². The van der Waals surface area contributed by atoms with E-state index in [2.05, 4.69) is 45.9 Å². The maximum absolute atomic E-state index is 11.5. The van der Waals surface area contributed by atoms with Crippen LogP contribution in [-0.4, -0.2) is 49.2 Å². The van der Waals surface area contributed by atoms with E-state index in [0.717, 1.165) is 12.5 Å². The fourth-order valence-corrected chi connectivity index (χ4v) is 3.27. The molecule has 1 rings (SSSR count). The summed E-state index contributed by atoms with van der Waals surface area (Å²) in [5, 5.41) is 7.42. The molecular weight excluding hydrogens is 390 g/mol. The van der Waals surface area contributed by atoms with Crippen LogP contribution in [0.3, 0.4) is 0 Å². The monoisotopic (exact) mass is 431 g/mol. The molecular formula is C26H41NO4. The average Bonchev–Trinajstić information content (AvgIpc) is 2.59. The second kappa shape index (κ2) is 14.6. The van der Waals surface area contributed by atoms with Crippen LogP contribution in [0, 0.1) is 5.41 Å². The predicted octanol–water partition coefficient (Wildman–Crippen LogP) is 5.71. The first kappa shape index (κ1) is 28.6. The Bertz CT molecular complexity index is 745. The summed E-state index contributed by atoms with van der Waals surface area (Å²) in [6.07, 6.45) is 16.4. The first-order valence-electron chi connectivity index (χ1n) is 10.7. The Balaban J connectivity index is 0.00000206. The molecule has 0 amide bonds. The molecule has 0 saturated heterocycles. The minimum absolute atomic E-state index is 0.204. The van der Waals surface area contributed by atoms with Gasteiger partial charge in [0.05, 0.1) is 6.54 Å². The van der Waals surface area contributed by atoms with Gasteiger partial charge in [0, 0.05) is 6.92 Å². The fourth-order valence-electron chi connectivity index (χ4n) is 3.27. The first-order valence-corrected chi connectivity index (χ1v) is 10.7. The molecule has 0 radical (unpaired) electrons. The van der Waals surface area contributed by atoms with Gasteiger partial charge in [-0.2, -0.15) is 0 Å². The van der Waals surface area contributed by atoms with Crippen molar-refractivity contribution in [2.24, 2.45) is 5.41 Å². The van der Waals surface area contributed by atoms with E-state index >= 15 is 0 Å². The molecule has 0 heterocycles. The maximum atomic E-state index is 11.5. The summed E-state index contributed by atoms with van der Waals surface area (Å²) in [4.78, 5) is 22.3. The molecule has 0 spiro atoms. The van der Waals surface area contributed by atoms with E-state index in [0.29, 0.717) is 13.2 Å². The number of hydrogen-bond acceptors (Lipinski definition) is 4. The Hall–Kier alpha value is -2.40. The van der Waals surface area contributed by atoms with E-state index in [9.17, 15) is 4.79 Å². The number of likely N-dealkylation sites (N-methyl/N-ethyl adjacent to an activating group) is 1. The second-order valence-corrected chi connectivity index (χ2v) is 8.92. The van der Waals surface area contributed by atoms with Crippen molar-refractivity contribution in [1.82, 2.24) is 4.90 Å². The molecule has 0 aliphatic heterocycles. The number of carboxylic acid groups (broad SMARTS) is 1. The molecule has 0 fully saturated rings. The molecule has 0 bridgehead atoms. The lowest BCUT2D eigenvalue weighted by molar-refractivity contribution is -0.143. The van der Waals surface area contributed by atoms with Gasteiger partial charge in [0.1, 0.15) is 6.61 Å². The molecule has 0 atom stereocenters. The van der Waals surface area contributed by atoms with Gasteiger partial charge in [-0.25, -0.2) is 0 Å². The van der Waals surface area contributed by atoms with Gasteiger partial charge in [0.15, 0.2) is 0 Å². The summed E-state index contributed by atoms with van der Waals surface area (Å²) >= 11 is 0. The van der Waals surface area contributed by atoms with Crippen molar-refractivity contribution in [3.8, 4) is 0 Å². The van der Waals surface area contributed by atoms with Gasteiger partial charge in [0.25, 0.3) is 5.97 Å². The third-order valence-corrected chi connectivity index (χ3v) is 4.87. The lowest BCUT2D eigenvalue weighted by Crippen LogP contribution is -2.23. The highest BCUT2D eigenvalue weighted by Crippen LogP contribution is 2.40. The molecule has 1 N–H and O–H groups in total. The maximum Gasteiger partial charge on any atom is 0.320 e. The third kappa shape index (κ3) is 14.3. The molecule has 0 unspecified atom stereocenters. The van der Waals surface area contributed by atoms with Gasteiger partial charge in [0.2, 0.25) is 0 Å². The third-order valence-electron chi connectivity index (χ3n) is 4.87. The van der Waals surface area contributed by atoms with Gasteiger partial charge in [-0.05, 0) is 71.2 Å². The molecule has 1 aliphatic rings. The number of allylic oxidation sites excluding steroid dienone is 9. The Morgan fingerprint density at radius 2 is 1.74 bits per heavy atom. The molecule has 31 heavy (non-hydrogen) atoms. The minimum Gasteiger partial charge on any atom is -0.481 e. The summed E-state index contributed by atoms with van der Waals surface area (Å²) < 4.78 is 5.16. The Kier molecular flexibility index (Phi) is 13.4. The molecule has 1 aliphatic carbocycles. The number of nitrogens with zero attached hydrogens (tertiary/aromatic N) is 1. The highest BCUT2D eigenvalue weighted by Gasteiger charge is 2.26. The zero-order valence-corrected chi connectivity index (χ0v) is 20.6. The number of carbonyl (C=O) groups is 2. The number of aliphatic carboxylic acids is 1. The minimum atomic E-state index is -0.833. The average molecular weight is 432 g/mol. The van der Waals surface area contributed by atoms with E-state index in [1.165, 1.54) is 36.0 Å². The van der Waals surface area contributed by atoms with Gasteiger partial charge in [-0.1, -0.05) is 60.9 Å². The van der Waals surface area contributed by atoms with Gasteiger partial charge in [-0.15, -0.1) is 0 Å². The van der Waals surface area contributed by atoms with Crippen molar-refractivity contribution >= 4 is 11.9 Å². The summed E-state index contributed by atoms with van der Waals surface area (Å²) in [6, 6.07) is 0. The van der Waals surface area contributed by atoms with Crippen molar-refractivity contribution in [1.29, 1.82) is 0 Å². The van der Waals surface area contributed by atoms with Gasteiger partial charge >= 0.3 is 5.97 Å². The second-order valence-electron chi connectivity index (χ2n) is 8.92. The van der Waals surface area contributed by atoms with Crippen molar-refractivity contribution in [3.63, 3.8) is 0 Å². The van der Waals surface area contributed by atoms with Crippen LogP contribution >= 0.6 is 0 Å². The van der Waals surface area contributed by atoms with E-state index < -0.39 is 5.97 Å². The highest BCUT2D eigenvalue weighted by atomic mass is 16.5. The zero-order chi connectivity index (χ0) is 24.0. The van der Waals surface area contributed by atoms with Gasteiger partial charge in [-0.3, -0.25) is 14.5 Å². The predicted molar refractivity (Wildman–Crippen MR) is 129 cm³/mol. The lowest BCUT2D eigenvalue weighted by Gasteiger charge is -2.32. The summed E-state index contributed by atoms with van der Waals surface area (Å²) in [5.74, 6) is -1.04. The number of carboxylic acids is 1. The lowest BCUT2D eigenvalue weighted by atomic mass is 9.72. The van der Waals surface area contributed by atoms with Crippen molar-refractivity contribution in [2.75, 3.05) is 27.2 Å². The summed E-state index contributed by atoms with van der Waals surface area (Å²) in [6.45, 7) is 12.8. The zero-order valence-electron chi connectivity index (χ0n) is 20.6. The van der Waals surface area contributed by atoms with Crippen molar-refractivity contribution < 1.29 is 19.4 Å². The number of carbonyl (C=O) groups excluding carboxylic acids is 1. The molecule has 0 aromatic heterocycles. The van der Waals surface area contributed by atoms with E-state index in [-0.39, 0.29) is 11.4 Å². The first-order chi connectivity index (χ1) is 14.3. The summed E-state index contributed by atoms with van der Waals surface area (Å²) in [7, 11) is 3.70. The Morgan fingerprint density at radius 1 is 1.13 bits per heavy atom. The van der Waals surface area contributed by atoms with E-state index in [4.69, 9.17) is 14.6 Å². The Labute approximate surface area is 188 Å². The Morgan fingerprint density at radius 3 is 2.29 bits per heavy atom. The summed E-state index contributed by atoms with van der Waals surface area (Å²) in [5.41, 5.74) is 5.58. The van der Waals surface area contributed by atoms with Crippen molar-refractivity contribution in [3.05, 3.63) is 58.7 Å². The normalized spacial score (nSPS) is 17.2. The van der Waals surface area contributed by atoms with Crippen LogP contribution < -0.4 is 0 Å². The van der Waals surface area contributed by atoms with Crippen LogP contribution in [0.15, 0.2) is 58.7 Å². The number of hydrogen-bond donors (Lipinski definition) is 1. The van der Waals surface area contributed by atoms with Crippen LogP contribution in [0.5, 0.6) is 0 Å². The SMILES string of the molecule is CC(=O)O.CC1=C(/C=C/C(C)=C/C=C/C(C)=C/COC(=O)CN(C)C)C(C)(C)CCC1. The van der Waals surface area contributed by atoms with Crippen LogP contribution in [0.4, 0.5) is 0 Å². The van der Waals surface area contributed by atoms with Crippen LogP contribution in [0.25, 0.3) is 0 Å². The standard InChI is InChI=1S/C24H37NO2.C2H4O2/c1-19(13-14-22-21(3)12-9-16-24(22,4)5)10-8-11-20(2)15-17-27-23(26)18-25(6)7;1-2(3)4/h8,10-11,13-15H,9,12,16-18H2,1-7H3;1H3,(H,3,4)/b11-8+,14-13+,19-10+,20-15+;. The molecule has 5 nitrogen and oxygen atoms in total. The number of esters is 1. The quantitative estimate of drug-likeness (QED) is 0.394. The van der Waals surface area contributed by atoms with E-state index in [1.54, 1.807) is 4.90 Å². The van der Waals surface area contributed by atoms with Crippen LogP contribution in [0.2, 0.25) is 0 Å². The van der Waals surface area contributed by atoms with Gasteiger partial charge < -0.3 is 9.84 Å². The topological polar surface area (TPSA) is 66.8 Å². The van der Waals surface area contributed by atoms with Crippen molar-refractivity contribution in [2.45, 2.75) is 60.8 Å². The molecule has 0 aromatic carbocycles. The van der Waals surface area contributed by atoms with Crippen LogP contribution in [0.1, 0.15) is 60.8 Å².